The molecule has 21 heavy (non-hydrogen) atoms. The van der Waals surface area contributed by atoms with Gasteiger partial charge in [0.15, 0.2) is 17.5 Å². The number of nitrogens with zero attached hydrogens (tertiary/aromatic N) is 2. The van der Waals surface area contributed by atoms with Crippen molar-refractivity contribution in [3.05, 3.63) is 64.8 Å². The van der Waals surface area contributed by atoms with Crippen molar-refractivity contribution in [2.75, 3.05) is 5.32 Å². The lowest BCUT2D eigenvalue weighted by atomic mass is 10.2. The van der Waals surface area contributed by atoms with Crippen LogP contribution in [0.1, 0.15) is 5.69 Å². The minimum atomic E-state index is -1.50. The minimum Gasteiger partial charge on any atom is -0.377 e. The number of pyridine rings is 1. The van der Waals surface area contributed by atoms with Crippen molar-refractivity contribution in [2.24, 2.45) is 0 Å². The molecule has 0 bridgehead atoms. The lowest BCUT2D eigenvalue weighted by Gasteiger charge is -2.06. The number of fused-ring (bicyclic) bond motifs is 1. The highest BCUT2D eigenvalue weighted by atomic mass is 35.5. The molecule has 2 aromatic heterocycles. The number of anilines is 1. The van der Waals surface area contributed by atoms with Crippen LogP contribution < -0.4 is 5.32 Å². The van der Waals surface area contributed by atoms with E-state index in [1.165, 1.54) is 0 Å². The minimum absolute atomic E-state index is 0.121. The maximum atomic E-state index is 13.5. The highest BCUT2D eigenvalue weighted by Crippen LogP contribution is 2.20. The summed E-state index contributed by atoms with van der Waals surface area (Å²) in [5.74, 6) is -3.97. The zero-order valence-corrected chi connectivity index (χ0v) is 11.3. The van der Waals surface area contributed by atoms with Crippen molar-refractivity contribution in [2.45, 2.75) is 6.54 Å². The Kier molecular flexibility index (Phi) is 3.47. The van der Waals surface area contributed by atoms with Crippen LogP contribution in [-0.2, 0) is 6.54 Å². The number of aromatic nitrogens is 2. The van der Waals surface area contributed by atoms with Crippen LogP contribution in [0.4, 0.5) is 18.9 Å². The molecule has 1 N–H and O–H groups in total. The fourth-order valence-corrected chi connectivity index (χ4v) is 2.12. The fraction of sp³-hybridized carbons (Fsp3) is 0.0714. The standard InChI is InChI=1S/C14H9ClF3N3/c15-8-1-4-12-20-9(7-21(12)6-8)5-19-11-3-2-10(16)13(17)14(11)18/h1-4,6-7,19H,5H2. The van der Waals surface area contributed by atoms with Gasteiger partial charge in [0.1, 0.15) is 5.65 Å². The summed E-state index contributed by atoms with van der Waals surface area (Å²) in [5.41, 5.74) is 1.17. The van der Waals surface area contributed by atoms with E-state index in [1.54, 1.807) is 28.9 Å². The zero-order valence-electron chi connectivity index (χ0n) is 10.6. The van der Waals surface area contributed by atoms with Gasteiger partial charge in [-0.15, -0.1) is 0 Å². The molecular formula is C14H9ClF3N3. The van der Waals surface area contributed by atoms with Gasteiger partial charge in [0.25, 0.3) is 0 Å². The van der Waals surface area contributed by atoms with Crippen LogP contribution in [-0.4, -0.2) is 9.38 Å². The second-order valence-electron chi connectivity index (χ2n) is 4.42. The largest absolute Gasteiger partial charge is 0.377 e. The predicted molar refractivity (Wildman–Crippen MR) is 73.8 cm³/mol. The molecule has 0 aliphatic heterocycles. The molecule has 0 spiro atoms. The smallest absolute Gasteiger partial charge is 0.196 e. The van der Waals surface area contributed by atoms with E-state index >= 15 is 0 Å². The van der Waals surface area contributed by atoms with E-state index in [9.17, 15) is 13.2 Å². The summed E-state index contributed by atoms with van der Waals surface area (Å²) in [6.45, 7) is 0.168. The van der Waals surface area contributed by atoms with E-state index < -0.39 is 17.5 Å². The average molecular weight is 312 g/mol. The molecular weight excluding hydrogens is 303 g/mol. The second-order valence-corrected chi connectivity index (χ2v) is 4.86. The van der Waals surface area contributed by atoms with Crippen molar-refractivity contribution in [1.82, 2.24) is 9.38 Å². The first-order chi connectivity index (χ1) is 10.0. The topological polar surface area (TPSA) is 29.3 Å². The first kappa shape index (κ1) is 13.8. The molecule has 2 heterocycles. The second kappa shape index (κ2) is 5.29. The maximum absolute atomic E-state index is 13.5. The van der Waals surface area contributed by atoms with Crippen LogP contribution >= 0.6 is 11.6 Å². The lowest BCUT2D eigenvalue weighted by Crippen LogP contribution is -2.04. The number of imidazole rings is 1. The zero-order chi connectivity index (χ0) is 15.0. The quantitative estimate of drug-likeness (QED) is 0.740. The molecule has 0 aliphatic rings. The van der Waals surface area contributed by atoms with Gasteiger partial charge in [-0.05, 0) is 24.3 Å². The Hall–Kier alpha value is -2.21. The third kappa shape index (κ3) is 2.67. The summed E-state index contributed by atoms with van der Waals surface area (Å²) in [6, 6.07) is 5.45. The Morgan fingerprint density at radius 3 is 2.67 bits per heavy atom. The summed E-state index contributed by atoms with van der Waals surface area (Å²) in [5, 5.41) is 3.24. The Labute approximate surface area is 123 Å². The number of halogens is 4. The first-order valence-electron chi connectivity index (χ1n) is 6.05. The molecule has 0 atom stereocenters. The molecule has 3 nitrogen and oxygen atoms in total. The van der Waals surface area contributed by atoms with Crippen molar-refractivity contribution in [3.63, 3.8) is 0 Å². The Morgan fingerprint density at radius 2 is 1.86 bits per heavy atom. The highest BCUT2D eigenvalue weighted by molar-refractivity contribution is 6.30. The molecule has 0 fully saturated rings. The lowest BCUT2D eigenvalue weighted by molar-refractivity contribution is 0.449. The SMILES string of the molecule is Fc1ccc(NCc2cn3cc(Cl)ccc3n2)c(F)c1F. The number of rotatable bonds is 3. The van der Waals surface area contributed by atoms with E-state index in [4.69, 9.17) is 11.6 Å². The van der Waals surface area contributed by atoms with Gasteiger partial charge in [-0.25, -0.2) is 18.2 Å². The van der Waals surface area contributed by atoms with Crippen molar-refractivity contribution in [3.8, 4) is 0 Å². The van der Waals surface area contributed by atoms with Gasteiger partial charge >= 0.3 is 0 Å². The highest BCUT2D eigenvalue weighted by Gasteiger charge is 2.13. The van der Waals surface area contributed by atoms with E-state index in [0.29, 0.717) is 16.4 Å². The summed E-state index contributed by atoms with van der Waals surface area (Å²) < 4.78 is 41.2. The Morgan fingerprint density at radius 1 is 1.05 bits per heavy atom. The van der Waals surface area contributed by atoms with Crippen LogP contribution in [0.2, 0.25) is 5.02 Å². The summed E-state index contributed by atoms with van der Waals surface area (Å²) in [7, 11) is 0. The van der Waals surface area contributed by atoms with Gasteiger partial charge in [0.2, 0.25) is 0 Å². The van der Waals surface area contributed by atoms with Crippen LogP contribution in [0, 0.1) is 17.5 Å². The Balaban J connectivity index is 1.82. The van der Waals surface area contributed by atoms with Gasteiger partial charge < -0.3 is 9.72 Å². The number of nitrogens with one attached hydrogen (secondary N) is 1. The molecule has 0 aliphatic carbocycles. The van der Waals surface area contributed by atoms with Gasteiger partial charge in [-0.2, -0.15) is 0 Å². The van der Waals surface area contributed by atoms with Gasteiger partial charge in [0, 0.05) is 12.4 Å². The van der Waals surface area contributed by atoms with Gasteiger partial charge in [-0.1, -0.05) is 11.6 Å². The van der Waals surface area contributed by atoms with Crippen molar-refractivity contribution < 1.29 is 13.2 Å². The summed E-state index contributed by atoms with van der Waals surface area (Å²) in [4.78, 5) is 4.29. The van der Waals surface area contributed by atoms with Crippen LogP contribution in [0.15, 0.2) is 36.7 Å². The molecule has 108 valence electrons. The molecule has 3 rings (SSSR count). The molecule has 0 radical (unpaired) electrons. The maximum Gasteiger partial charge on any atom is 0.196 e. The van der Waals surface area contributed by atoms with E-state index in [-0.39, 0.29) is 12.2 Å². The van der Waals surface area contributed by atoms with Gasteiger partial charge in [0.05, 0.1) is 22.9 Å². The normalized spacial score (nSPS) is 11.0. The molecule has 0 amide bonds. The third-order valence-corrected chi connectivity index (χ3v) is 3.18. The molecule has 0 unspecified atom stereocenters. The van der Waals surface area contributed by atoms with E-state index in [2.05, 4.69) is 10.3 Å². The fourth-order valence-electron chi connectivity index (χ4n) is 1.95. The molecule has 0 saturated carbocycles. The van der Waals surface area contributed by atoms with Crippen molar-refractivity contribution in [1.29, 1.82) is 0 Å². The number of benzene rings is 1. The molecule has 0 saturated heterocycles. The third-order valence-electron chi connectivity index (χ3n) is 2.96. The van der Waals surface area contributed by atoms with E-state index in [0.717, 1.165) is 12.1 Å². The summed E-state index contributed by atoms with van der Waals surface area (Å²) >= 11 is 5.86. The monoisotopic (exact) mass is 311 g/mol. The first-order valence-corrected chi connectivity index (χ1v) is 6.43. The van der Waals surface area contributed by atoms with E-state index in [1.807, 2.05) is 0 Å². The number of hydrogen-bond acceptors (Lipinski definition) is 2. The summed E-state index contributed by atoms with van der Waals surface area (Å²) in [6.07, 6.45) is 3.40. The Bertz CT molecular complexity index is 817. The van der Waals surface area contributed by atoms with Crippen LogP contribution in [0.25, 0.3) is 5.65 Å². The van der Waals surface area contributed by atoms with Crippen molar-refractivity contribution >= 4 is 22.9 Å². The molecule has 7 heteroatoms. The molecule has 1 aromatic carbocycles. The number of hydrogen-bond donors (Lipinski definition) is 1. The average Bonchev–Trinajstić information content (AvgIpc) is 2.86. The van der Waals surface area contributed by atoms with Crippen LogP contribution in [0.3, 0.4) is 0 Å². The predicted octanol–water partition coefficient (Wildman–Crippen LogP) is 4.02. The molecule has 3 aromatic rings. The van der Waals surface area contributed by atoms with Crippen LogP contribution in [0.5, 0.6) is 0 Å². The van der Waals surface area contributed by atoms with Gasteiger partial charge in [-0.3, -0.25) is 0 Å².